The van der Waals surface area contributed by atoms with Crippen LogP contribution >= 0.6 is 12.4 Å². The van der Waals surface area contributed by atoms with Gasteiger partial charge < -0.3 is 11.1 Å². The van der Waals surface area contributed by atoms with Crippen LogP contribution in [0.4, 0.5) is 5.69 Å². The first-order chi connectivity index (χ1) is 6.95. The summed E-state index contributed by atoms with van der Waals surface area (Å²) in [7, 11) is 0. The van der Waals surface area contributed by atoms with Gasteiger partial charge in [-0.2, -0.15) is 0 Å². The van der Waals surface area contributed by atoms with Crippen molar-refractivity contribution in [2.24, 2.45) is 11.1 Å². The van der Waals surface area contributed by atoms with Crippen molar-refractivity contribution in [3.05, 3.63) is 24.0 Å². The van der Waals surface area contributed by atoms with Crippen molar-refractivity contribution in [3.63, 3.8) is 0 Å². The van der Waals surface area contributed by atoms with E-state index >= 15 is 0 Å². The highest BCUT2D eigenvalue weighted by atomic mass is 35.5. The van der Waals surface area contributed by atoms with E-state index in [-0.39, 0.29) is 18.3 Å². The van der Waals surface area contributed by atoms with Crippen molar-refractivity contribution in [3.8, 4) is 0 Å². The normalized spacial score (nSPS) is 10.5. The summed E-state index contributed by atoms with van der Waals surface area (Å²) in [6.07, 6.45) is 1.64. The van der Waals surface area contributed by atoms with Crippen LogP contribution in [0.3, 0.4) is 0 Å². The second-order valence-corrected chi connectivity index (χ2v) is 4.23. The van der Waals surface area contributed by atoms with Crippen LogP contribution in [0.5, 0.6) is 0 Å². The first-order valence-electron chi connectivity index (χ1n) is 4.90. The highest BCUT2D eigenvalue weighted by Crippen LogP contribution is 2.16. The Hall–Kier alpha value is -1.13. The Kier molecular flexibility index (Phi) is 5.41. The third kappa shape index (κ3) is 3.79. The zero-order valence-corrected chi connectivity index (χ0v) is 10.6. The number of carbonyl (C=O) groups is 1. The Labute approximate surface area is 102 Å². The summed E-state index contributed by atoms with van der Waals surface area (Å²) in [5.74, 6) is -0.0874. The minimum Gasteiger partial charge on any atom is -0.329 e. The van der Waals surface area contributed by atoms with Gasteiger partial charge in [-0.3, -0.25) is 9.78 Å². The summed E-state index contributed by atoms with van der Waals surface area (Å²) in [4.78, 5) is 15.8. The third-order valence-corrected chi connectivity index (χ3v) is 2.29. The van der Waals surface area contributed by atoms with Gasteiger partial charge >= 0.3 is 0 Å². The Morgan fingerprint density at radius 2 is 2.12 bits per heavy atom. The zero-order valence-electron chi connectivity index (χ0n) is 9.78. The van der Waals surface area contributed by atoms with Crippen LogP contribution in [0.25, 0.3) is 0 Å². The highest BCUT2D eigenvalue weighted by molar-refractivity contribution is 5.94. The molecule has 0 aliphatic rings. The molecule has 16 heavy (non-hydrogen) atoms. The Morgan fingerprint density at radius 1 is 1.50 bits per heavy atom. The fourth-order valence-electron chi connectivity index (χ4n) is 0.935. The van der Waals surface area contributed by atoms with Gasteiger partial charge in [0, 0.05) is 12.2 Å². The van der Waals surface area contributed by atoms with Crippen molar-refractivity contribution < 1.29 is 4.79 Å². The Morgan fingerprint density at radius 3 is 2.56 bits per heavy atom. The number of halogens is 1. The summed E-state index contributed by atoms with van der Waals surface area (Å²) in [5, 5.41) is 2.78. The molecule has 0 fully saturated rings. The predicted octanol–water partition coefficient (Wildman–Crippen LogP) is 1.74. The molecule has 0 saturated heterocycles. The first-order valence-corrected chi connectivity index (χ1v) is 4.90. The van der Waals surface area contributed by atoms with Gasteiger partial charge in [0.1, 0.15) is 0 Å². The molecule has 1 aromatic rings. The molecular formula is C11H18ClN3O. The molecule has 1 rings (SSSR count). The summed E-state index contributed by atoms with van der Waals surface area (Å²) in [6, 6.07) is 3.68. The van der Waals surface area contributed by atoms with Crippen molar-refractivity contribution >= 4 is 24.0 Å². The number of nitrogens with zero attached hydrogens (tertiary/aromatic N) is 1. The molecule has 3 N–H and O–H groups in total. The summed E-state index contributed by atoms with van der Waals surface area (Å²) in [6.45, 7) is 5.83. The molecule has 0 spiro atoms. The molecule has 0 unspecified atom stereocenters. The van der Waals surface area contributed by atoms with Crippen LogP contribution in [0, 0.1) is 12.3 Å². The van der Waals surface area contributed by atoms with Gasteiger partial charge in [-0.15, -0.1) is 12.4 Å². The van der Waals surface area contributed by atoms with Gasteiger partial charge in [-0.1, -0.05) is 0 Å². The summed E-state index contributed by atoms with van der Waals surface area (Å²) in [5.41, 5.74) is 6.58. The molecule has 0 aromatic carbocycles. The number of anilines is 1. The van der Waals surface area contributed by atoms with Gasteiger partial charge in [0.05, 0.1) is 17.3 Å². The van der Waals surface area contributed by atoms with Crippen LogP contribution in [-0.4, -0.2) is 17.4 Å². The summed E-state index contributed by atoms with van der Waals surface area (Å²) < 4.78 is 0. The number of carbonyl (C=O) groups excluding carboxylic acids is 1. The topological polar surface area (TPSA) is 68.0 Å². The molecule has 0 saturated carbocycles. The van der Waals surface area contributed by atoms with E-state index in [9.17, 15) is 4.79 Å². The predicted molar refractivity (Wildman–Crippen MR) is 67.7 cm³/mol. The SMILES string of the molecule is Cc1ccc(NC(=O)C(C)(C)CN)cn1.Cl. The van der Waals surface area contributed by atoms with Crippen LogP contribution in [0.2, 0.25) is 0 Å². The maximum Gasteiger partial charge on any atom is 0.231 e. The molecule has 4 nitrogen and oxygen atoms in total. The van der Waals surface area contributed by atoms with Gasteiger partial charge in [0.25, 0.3) is 0 Å². The molecule has 0 aliphatic carbocycles. The lowest BCUT2D eigenvalue weighted by Crippen LogP contribution is -2.37. The number of nitrogens with two attached hydrogens (primary N) is 1. The Bertz CT molecular complexity index is 349. The van der Waals surface area contributed by atoms with E-state index in [1.54, 1.807) is 6.20 Å². The van der Waals surface area contributed by atoms with E-state index in [4.69, 9.17) is 5.73 Å². The van der Waals surface area contributed by atoms with E-state index in [0.29, 0.717) is 12.2 Å². The smallest absolute Gasteiger partial charge is 0.231 e. The van der Waals surface area contributed by atoms with E-state index in [0.717, 1.165) is 5.69 Å². The molecule has 90 valence electrons. The number of hydrogen-bond acceptors (Lipinski definition) is 3. The largest absolute Gasteiger partial charge is 0.329 e. The second-order valence-electron chi connectivity index (χ2n) is 4.23. The monoisotopic (exact) mass is 243 g/mol. The number of hydrogen-bond donors (Lipinski definition) is 2. The molecular weight excluding hydrogens is 226 g/mol. The van der Waals surface area contributed by atoms with Crippen LogP contribution in [-0.2, 0) is 4.79 Å². The molecule has 5 heteroatoms. The van der Waals surface area contributed by atoms with Gasteiger partial charge in [0.15, 0.2) is 0 Å². The van der Waals surface area contributed by atoms with Crippen molar-refractivity contribution in [2.45, 2.75) is 20.8 Å². The zero-order chi connectivity index (χ0) is 11.5. The molecule has 1 amide bonds. The van der Waals surface area contributed by atoms with Crippen molar-refractivity contribution in [2.75, 3.05) is 11.9 Å². The lowest BCUT2D eigenvalue weighted by atomic mass is 9.92. The molecule has 0 bridgehead atoms. The number of aryl methyl sites for hydroxylation is 1. The minimum atomic E-state index is -0.551. The van der Waals surface area contributed by atoms with Crippen LogP contribution < -0.4 is 11.1 Å². The third-order valence-electron chi connectivity index (χ3n) is 2.29. The van der Waals surface area contributed by atoms with E-state index < -0.39 is 5.41 Å². The maximum absolute atomic E-state index is 11.7. The first kappa shape index (κ1) is 14.9. The quantitative estimate of drug-likeness (QED) is 0.850. The van der Waals surface area contributed by atoms with Gasteiger partial charge in [-0.25, -0.2) is 0 Å². The second kappa shape index (κ2) is 5.82. The lowest BCUT2D eigenvalue weighted by Gasteiger charge is -2.21. The number of amides is 1. The van der Waals surface area contributed by atoms with E-state index in [1.165, 1.54) is 0 Å². The minimum absolute atomic E-state index is 0. The summed E-state index contributed by atoms with van der Waals surface area (Å²) >= 11 is 0. The number of nitrogens with one attached hydrogen (secondary N) is 1. The molecule has 1 aromatic heterocycles. The van der Waals surface area contributed by atoms with Crippen LogP contribution in [0.15, 0.2) is 18.3 Å². The van der Waals surface area contributed by atoms with Crippen molar-refractivity contribution in [1.29, 1.82) is 0 Å². The van der Waals surface area contributed by atoms with Crippen LogP contribution in [0.1, 0.15) is 19.5 Å². The lowest BCUT2D eigenvalue weighted by molar-refractivity contribution is -0.123. The molecule has 0 aliphatic heterocycles. The van der Waals surface area contributed by atoms with E-state index in [2.05, 4.69) is 10.3 Å². The number of pyridine rings is 1. The average Bonchev–Trinajstić information content (AvgIpc) is 2.21. The standard InChI is InChI=1S/C11H17N3O.ClH/c1-8-4-5-9(6-13-8)14-10(15)11(2,3)7-12;/h4-6H,7,12H2,1-3H3,(H,14,15);1H. The van der Waals surface area contributed by atoms with Gasteiger partial charge in [-0.05, 0) is 32.9 Å². The van der Waals surface area contributed by atoms with Gasteiger partial charge in [0.2, 0.25) is 5.91 Å². The fourth-order valence-corrected chi connectivity index (χ4v) is 0.935. The highest BCUT2D eigenvalue weighted by Gasteiger charge is 2.25. The number of aromatic nitrogens is 1. The fraction of sp³-hybridized carbons (Fsp3) is 0.455. The number of rotatable bonds is 3. The molecule has 1 heterocycles. The Balaban J connectivity index is 0.00000225. The average molecular weight is 244 g/mol. The van der Waals surface area contributed by atoms with E-state index in [1.807, 2.05) is 32.9 Å². The maximum atomic E-state index is 11.7. The van der Waals surface area contributed by atoms with Crippen molar-refractivity contribution in [1.82, 2.24) is 4.98 Å². The molecule has 0 radical (unpaired) electrons. The molecule has 0 atom stereocenters.